The highest BCUT2D eigenvalue weighted by Crippen LogP contribution is 2.23. The summed E-state index contributed by atoms with van der Waals surface area (Å²) >= 11 is 5.59. The molecule has 0 aromatic carbocycles. The number of carbonyl (C=O) groups is 1. The number of thiazole rings is 1. The molecule has 0 radical (unpaired) electrons. The highest BCUT2D eigenvalue weighted by molar-refractivity contribution is 9.11. The van der Waals surface area contributed by atoms with Gasteiger partial charge in [0.15, 0.2) is 5.13 Å². The minimum absolute atomic E-state index is 0.221. The van der Waals surface area contributed by atoms with Crippen molar-refractivity contribution in [1.29, 1.82) is 0 Å². The number of halogens is 1. The van der Waals surface area contributed by atoms with Gasteiger partial charge in [-0.05, 0) is 15.9 Å². The number of anilines is 2. The van der Waals surface area contributed by atoms with E-state index < -0.39 is 0 Å². The summed E-state index contributed by atoms with van der Waals surface area (Å²) < 4.78 is 0.842. The van der Waals surface area contributed by atoms with Crippen molar-refractivity contribution < 1.29 is 4.79 Å². The Balaban J connectivity index is 2.10. The fourth-order valence-corrected chi connectivity index (χ4v) is 2.40. The summed E-state index contributed by atoms with van der Waals surface area (Å²) in [4.78, 5) is 15.5. The van der Waals surface area contributed by atoms with Crippen molar-refractivity contribution in [3.63, 3.8) is 0 Å². The Kier molecular flexibility index (Phi) is 2.93. The Morgan fingerprint density at radius 2 is 2.27 bits per heavy atom. The van der Waals surface area contributed by atoms with E-state index in [1.807, 2.05) is 0 Å². The molecular formula is C6H4BrN5OS2. The number of hydrogen-bond acceptors (Lipinski definition) is 7. The highest BCUT2D eigenvalue weighted by atomic mass is 79.9. The predicted octanol–water partition coefficient (Wildman–Crippen LogP) is 1.59. The molecule has 2 heterocycles. The molecular weight excluding hydrogens is 302 g/mol. The lowest BCUT2D eigenvalue weighted by molar-refractivity contribution is 0.102. The summed E-state index contributed by atoms with van der Waals surface area (Å²) in [6.07, 6.45) is 1.61. The molecule has 0 unspecified atom stereocenters. The first-order chi connectivity index (χ1) is 7.15. The second-order valence-electron chi connectivity index (χ2n) is 2.37. The van der Waals surface area contributed by atoms with Crippen LogP contribution in [0.2, 0.25) is 0 Å². The second-order valence-corrected chi connectivity index (χ2v) is 5.79. The van der Waals surface area contributed by atoms with Gasteiger partial charge < -0.3 is 5.73 Å². The molecule has 6 nitrogen and oxygen atoms in total. The first-order valence-corrected chi connectivity index (χ1v) is 6.09. The molecule has 0 aliphatic rings. The van der Waals surface area contributed by atoms with Gasteiger partial charge >= 0.3 is 0 Å². The maximum absolute atomic E-state index is 11.5. The van der Waals surface area contributed by atoms with Gasteiger partial charge in [-0.2, -0.15) is 0 Å². The summed E-state index contributed by atoms with van der Waals surface area (Å²) in [5, 5.41) is 10.7. The van der Waals surface area contributed by atoms with Gasteiger partial charge in [0.25, 0.3) is 5.91 Å². The van der Waals surface area contributed by atoms with E-state index in [0.717, 1.165) is 15.1 Å². The summed E-state index contributed by atoms with van der Waals surface area (Å²) in [6, 6.07) is 0. The molecule has 2 aromatic rings. The van der Waals surface area contributed by atoms with Crippen molar-refractivity contribution in [3.8, 4) is 0 Å². The zero-order valence-electron chi connectivity index (χ0n) is 7.10. The maximum Gasteiger partial charge on any atom is 0.288 e. The molecule has 9 heteroatoms. The van der Waals surface area contributed by atoms with Crippen LogP contribution in [0.15, 0.2) is 9.98 Å². The maximum atomic E-state index is 11.5. The average molecular weight is 306 g/mol. The van der Waals surface area contributed by atoms with Gasteiger partial charge in [-0.15, -0.1) is 10.2 Å². The van der Waals surface area contributed by atoms with Crippen LogP contribution in [-0.4, -0.2) is 21.1 Å². The molecule has 0 spiro atoms. The molecule has 0 bridgehead atoms. The van der Waals surface area contributed by atoms with Crippen LogP contribution in [0.4, 0.5) is 10.3 Å². The summed E-state index contributed by atoms with van der Waals surface area (Å²) in [5.41, 5.74) is 5.36. The summed E-state index contributed by atoms with van der Waals surface area (Å²) in [6.45, 7) is 0. The zero-order valence-corrected chi connectivity index (χ0v) is 10.3. The van der Waals surface area contributed by atoms with Crippen LogP contribution in [0.5, 0.6) is 0 Å². The average Bonchev–Trinajstić information content (AvgIpc) is 2.75. The molecule has 2 rings (SSSR count). The predicted molar refractivity (Wildman–Crippen MR) is 62.1 cm³/mol. The van der Waals surface area contributed by atoms with Crippen LogP contribution >= 0.6 is 38.6 Å². The molecule has 78 valence electrons. The molecule has 0 saturated heterocycles. The van der Waals surface area contributed by atoms with E-state index in [1.54, 1.807) is 6.20 Å². The number of carbonyl (C=O) groups excluding carboxylic acids is 1. The Morgan fingerprint density at radius 1 is 1.47 bits per heavy atom. The molecule has 0 aliphatic carbocycles. The van der Waals surface area contributed by atoms with Crippen LogP contribution in [-0.2, 0) is 0 Å². The molecule has 1 amide bonds. The molecule has 2 aromatic heterocycles. The van der Waals surface area contributed by atoms with E-state index in [0.29, 0.717) is 5.13 Å². The standard InChI is InChI=1S/C6H4BrN5OS2/c7-2-1-9-6(14-2)10-3(13)4-11-12-5(8)15-4/h1H,(H2,8,12)(H,9,10,13). The van der Waals surface area contributed by atoms with Crippen molar-refractivity contribution >= 4 is 54.8 Å². The van der Waals surface area contributed by atoms with E-state index in [4.69, 9.17) is 5.73 Å². The Bertz CT molecular complexity index is 495. The SMILES string of the molecule is Nc1nnc(C(=O)Nc2ncc(Br)s2)s1. The van der Waals surface area contributed by atoms with Crippen molar-refractivity contribution in [2.24, 2.45) is 0 Å². The van der Waals surface area contributed by atoms with Gasteiger partial charge in [-0.25, -0.2) is 4.98 Å². The Morgan fingerprint density at radius 3 is 2.80 bits per heavy atom. The lowest BCUT2D eigenvalue weighted by Gasteiger charge is -1.94. The van der Waals surface area contributed by atoms with Crippen molar-refractivity contribution in [1.82, 2.24) is 15.2 Å². The first-order valence-electron chi connectivity index (χ1n) is 3.67. The topological polar surface area (TPSA) is 93.8 Å². The van der Waals surface area contributed by atoms with Crippen LogP contribution < -0.4 is 11.1 Å². The Labute approximate surface area is 101 Å². The third kappa shape index (κ3) is 2.49. The number of hydrogen-bond donors (Lipinski definition) is 2. The van der Waals surface area contributed by atoms with Crippen LogP contribution in [0.3, 0.4) is 0 Å². The first kappa shape index (κ1) is 10.5. The number of nitrogen functional groups attached to an aromatic ring is 1. The third-order valence-corrected chi connectivity index (χ3v) is 3.48. The normalized spacial score (nSPS) is 10.2. The van der Waals surface area contributed by atoms with Gasteiger partial charge in [0.05, 0.1) is 9.98 Å². The van der Waals surface area contributed by atoms with Crippen molar-refractivity contribution in [2.75, 3.05) is 11.1 Å². The van der Waals surface area contributed by atoms with Crippen LogP contribution in [0, 0.1) is 0 Å². The lowest BCUT2D eigenvalue weighted by atomic mass is 10.6. The van der Waals surface area contributed by atoms with Gasteiger partial charge in [0, 0.05) is 0 Å². The fourth-order valence-electron chi connectivity index (χ4n) is 0.789. The third-order valence-electron chi connectivity index (χ3n) is 1.33. The van der Waals surface area contributed by atoms with Crippen molar-refractivity contribution in [3.05, 3.63) is 15.0 Å². The number of rotatable bonds is 2. The van der Waals surface area contributed by atoms with Gasteiger partial charge in [-0.3, -0.25) is 10.1 Å². The van der Waals surface area contributed by atoms with Gasteiger partial charge in [-0.1, -0.05) is 22.7 Å². The molecule has 3 N–H and O–H groups in total. The minimum Gasteiger partial charge on any atom is -0.374 e. The van der Waals surface area contributed by atoms with Crippen LogP contribution in [0.1, 0.15) is 9.80 Å². The second kappa shape index (κ2) is 4.21. The van der Waals surface area contributed by atoms with E-state index >= 15 is 0 Å². The summed E-state index contributed by atoms with van der Waals surface area (Å²) in [7, 11) is 0. The Hall–Kier alpha value is -1.06. The van der Waals surface area contributed by atoms with Gasteiger partial charge in [0.2, 0.25) is 10.1 Å². The van der Waals surface area contributed by atoms with E-state index in [-0.39, 0.29) is 16.0 Å². The lowest BCUT2D eigenvalue weighted by Crippen LogP contribution is -2.11. The number of nitrogens with two attached hydrogens (primary N) is 1. The van der Waals surface area contributed by atoms with Crippen LogP contribution in [0.25, 0.3) is 0 Å². The van der Waals surface area contributed by atoms with E-state index in [2.05, 4.69) is 36.4 Å². The largest absolute Gasteiger partial charge is 0.374 e. The number of amides is 1. The highest BCUT2D eigenvalue weighted by Gasteiger charge is 2.13. The monoisotopic (exact) mass is 305 g/mol. The molecule has 0 aliphatic heterocycles. The smallest absolute Gasteiger partial charge is 0.288 e. The molecule has 0 atom stereocenters. The number of aromatic nitrogens is 3. The van der Waals surface area contributed by atoms with Gasteiger partial charge in [0.1, 0.15) is 0 Å². The number of nitrogens with zero attached hydrogens (tertiary/aromatic N) is 3. The molecule has 15 heavy (non-hydrogen) atoms. The zero-order chi connectivity index (χ0) is 10.8. The minimum atomic E-state index is -0.356. The molecule has 0 saturated carbocycles. The quantitative estimate of drug-likeness (QED) is 0.878. The molecule has 0 fully saturated rings. The van der Waals surface area contributed by atoms with E-state index in [9.17, 15) is 4.79 Å². The van der Waals surface area contributed by atoms with E-state index in [1.165, 1.54) is 11.3 Å². The van der Waals surface area contributed by atoms with Crippen molar-refractivity contribution in [2.45, 2.75) is 0 Å². The summed E-state index contributed by atoms with van der Waals surface area (Å²) in [5.74, 6) is -0.356. The fraction of sp³-hybridized carbons (Fsp3) is 0. The number of nitrogens with one attached hydrogen (secondary N) is 1.